The van der Waals surface area contributed by atoms with Gasteiger partial charge in [-0.15, -0.1) is 0 Å². The van der Waals surface area contributed by atoms with Gasteiger partial charge in [0.15, 0.2) is 0 Å². The number of benzene rings is 2. The summed E-state index contributed by atoms with van der Waals surface area (Å²) in [6.45, 7) is -0.481. The Bertz CT molecular complexity index is 632. The van der Waals surface area contributed by atoms with Crippen LogP contribution in [0.3, 0.4) is 0 Å². The molecular formula is C12H11N2O4S-. The lowest BCUT2D eigenvalue weighted by Gasteiger charge is -2.25. The van der Waals surface area contributed by atoms with Crippen LogP contribution in [-0.4, -0.2) is 26.4 Å². The molecule has 7 heteroatoms. The van der Waals surface area contributed by atoms with E-state index in [1.807, 2.05) is 24.3 Å². The first-order valence-electron chi connectivity index (χ1n) is 5.40. The van der Waals surface area contributed by atoms with Crippen LogP contribution in [-0.2, 0) is 16.1 Å². The highest BCUT2D eigenvalue weighted by Gasteiger charge is 2.12. The molecule has 100 valence electrons. The summed E-state index contributed by atoms with van der Waals surface area (Å²) < 4.78 is 23.2. The Morgan fingerprint density at radius 1 is 1.26 bits per heavy atom. The summed E-state index contributed by atoms with van der Waals surface area (Å²) in [6, 6.07) is 12.5. The van der Waals surface area contributed by atoms with Gasteiger partial charge in [0.25, 0.3) is 5.91 Å². The lowest BCUT2D eigenvalue weighted by atomic mass is 10.1. The molecule has 19 heavy (non-hydrogen) atoms. The van der Waals surface area contributed by atoms with Gasteiger partial charge >= 0.3 is 0 Å². The second kappa shape index (κ2) is 5.79. The second-order valence-corrected chi connectivity index (χ2v) is 4.70. The molecule has 0 spiro atoms. The number of nitrogens with one attached hydrogen (secondary N) is 1. The maximum atomic E-state index is 11.2. The van der Waals surface area contributed by atoms with Crippen molar-refractivity contribution in [3.05, 3.63) is 42.5 Å². The summed E-state index contributed by atoms with van der Waals surface area (Å²) in [5.74, 6) is -0.808. The summed E-state index contributed by atoms with van der Waals surface area (Å²) >= 11 is -2.61. The molecule has 1 amide bonds. The lowest BCUT2D eigenvalue weighted by Crippen LogP contribution is -2.36. The van der Waals surface area contributed by atoms with Gasteiger partial charge < -0.3 is 4.55 Å². The summed E-state index contributed by atoms with van der Waals surface area (Å²) in [5, 5.41) is 10.3. The molecule has 6 nitrogen and oxygen atoms in total. The maximum Gasteiger partial charge on any atom is 0.263 e. The Hall–Kier alpha value is -1.96. The molecule has 1 unspecified atom stereocenters. The van der Waals surface area contributed by atoms with E-state index in [1.165, 1.54) is 5.48 Å². The van der Waals surface area contributed by atoms with E-state index in [1.54, 1.807) is 18.2 Å². The van der Waals surface area contributed by atoms with Crippen molar-refractivity contribution in [2.75, 3.05) is 10.8 Å². The predicted octanol–water partition coefficient (Wildman–Crippen LogP) is 0.946. The Morgan fingerprint density at radius 3 is 2.58 bits per heavy atom. The molecule has 0 heterocycles. The zero-order valence-electron chi connectivity index (χ0n) is 9.78. The molecule has 0 saturated carbocycles. The quantitative estimate of drug-likeness (QED) is 0.495. The van der Waals surface area contributed by atoms with Crippen molar-refractivity contribution in [1.82, 2.24) is 5.48 Å². The van der Waals surface area contributed by atoms with Crippen molar-refractivity contribution in [1.29, 1.82) is 0 Å². The third-order valence-corrected chi connectivity index (χ3v) is 3.31. The lowest BCUT2D eigenvalue weighted by molar-refractivity contribution is -0.127. The van der Waals surface area contributed by atoms with Crippen molar-refractivity contribution in [2.45, 2.75) is 0 Å². The van der Waals surface area contributed by atoms with Crippen LogP contribution in [0.25, 0.3) is 10.8 Å². The topological polar surface area (TPSA) is 92.7 Å². The number of rotatable bonds is 4. The van der Waals surface area contributed by atoms with E-state index in [-0.39, 0.29) is 0 Å². The van der Waals surface area contributed by atoms with Crippen LogP contribution in [0.5, 0.6) is 0 Å². The van der Waals surface area contributed by atoms with E-state index in [2.05, 4.69) is 0 Å². The van der Waals surface area contributed by atoms with Crippen LogP contribution < -0.4 is 9.79 Å². The van der Waals surface area contributed by atoms with Crippen LogP contribution in [0, 0.1) is 0 Å². The molecule has 2 aromatic rings. The monoisotopic (exact) mass is 279 g/mol. The normalized spacial score (nSPS) is 12.1. The highest BCUT2D eigenvalue weighted by molar-refractivity contribution is 7.80. The van der Waals surface area contributed by atoms with Gasteiger partial charge in [-0.2, -0.15) is 0 Å². The van der Waals surface area contributed by atoms with Crippen LogP contribution >= 0.6 is 0 Å². The van der Waals surface area contributed by atoms with E-state index < -0.39 is 23.7 Å². The van der Waals surface area contributed by atoms with Crippen molar-refractivity contribution >= 4 is 33.6 Å². The van der Waals surface area contributed by atoms with Crippen LogP contribution in [0.15, 0.2) is 42.5 Å². The predicted molar refractivity (Wildman–Crippen MR) is 70.1 cm³/mol. The van der Waals surface area contributed by atoms with Gasteiger partial charge in [0.05, 0.1) is 0 Å². The number of fused-ring (bicyclic) bond motifs is 1. The average Bonchev–Trinajstić information content (AvgIpc) is 2.43. The molecule has 0 aliphatic rings. The Labute approximate surface area is 112 Å². The molecule has 0 aliphatic carbocycles. The smallest absolute Gasteiger partial charge is 0.263 e. The third-order valence-electron chi connectivity index (χ3n) is 2.61. The summed E-state index contributed by atoms with van der Waals surface area (Å²) in [6.07, 6.45) is 0. The minimum absolute atomic E-state index is 0.357. The second-order valence-electron chi connectivity index (χ2n) is 3.82. The van der Waals surface area contributed by atoms with E-state index in [4.69, 9.17) is 5.21 Å². The summed E-state index contributed by atoms with van der Waals surface area (Å²) in [7, 11) is 0. The minimum atomic E-state index is -2.61. The van der Waals surface area contributed by atoms with Gasteiger partial charge in [-0.05, 0) is 22.9 Å². The number of amides is 1. The molecule has 2 aromatic carbocycles. The van der Waals surface area contributed by atoms with E-state index in [0.29, 0.717) is 5.69 Å². The standard InChI is InChI=1S/C12H12N2O4S/c15-12(13-16)8-14(19(17)18)11-6-5-9-3-1-2-4-10(9)7-11/h1-7,16H,8H2,(H,13,15)(H,17,18)/p-1. The van der Waals surface area contributed by atoms with Crippen molar-refractivity contribution < 1.29 is 18.8 Å². The van der Waals surface area contributed by atoms with Gasteiger partial charge in [0.2, 0.25) is 0 Å². The van der Waals surface area contributed by atoms with Gasteiger partial charge in [-0.25, -0.2) is 5.48 Å². The largest absolute Gasteiger partial charge is 0.755 e. The minimum Gasteiger partial charge on any atom is -0.755 e. The maximum absolute atomic E-state index is 11.2. The van der Waals surface area contributed by atoms with Crippen molar-refractivity contribution in [3.8, 4) is 0 Å². The van der Waals surface area contributed by atoms with Crippen molar-refractivity contribution in [2.24, 2.45) is 0 Å². The molecule has 0 saturated heterocycles. The van der Waals surface area contributed by atoms with Crippen molar-refractivity contribution in [3.63, 3.8) is 0 Å². The summed E-state index contributed by atoms with van der Waals surface area (Å²) in [5.41, 5.74) is 1.76. The van der Waals surface area contributed by atoms with Gasteiger partial charge in [0, 0.05) is 17.0 Å². The first-order valence-corrected chi connectivity index (χ1v) is 6.43. The number of carbonyl (C=O) groups excluding carboxylic acids is 1. The van der Waals surface area contributed by atoms with Gasteiger partial charge in [-0.1, -0.05) is 30.3 Å². The average molecular weight is 279 g/mol. The van der Waals surface area contributed by atoms with Crippen LogP contribution in [0.2, 0.25) is 0 Å². The number of hydrogen-bond donors (Lipinski definition) is 2. The number of nitrogens with zero attached hydrogens (tertiary/aromatic N) is 1. The molecule has 0 aromatic heterocycles. The SMILES string of the molecule is O=C(CN(c1ccc2ccccc2c1)S(=O)[O-])NO. The van der Waals surface area contributed by atoms with Gasteiger partial charge in [-0.3, -0.25) is 18.5 Å². The Kier molecular flexibility index (Phi) is 4.10. The number of hydroxylamine groups is 1. The van der Waals surface area contributed by atoms with E-state index in [0.717, 1.165) is 15.1 Å². The molecule has 0 aliphatic heterocycles. The first-order chi connectivity index (χ1) is 9.11. The zero-order valence-corrected chi connectivity index (χ0v) is 10.6. The fraction of sp³-hybridized carbons (Fsp3) is 0.0833. The third kappa shape index (κ3) is 3.08. The Balaban J connectivity index is 2.38. The highest BCUT2D eigenvalue weighted by Crippen LogP contribution is 2.22. The van der Waals surface area contributed by atoms with Crippen LogP contribution in [0.4, 0.5) is 5.69 Å². The Morgan fingerprint density at radius 2 is 1.95 bits per heavy atom. The molecule has 0 radical (unpaired) electrons. The molecule has 0 fully saturated rings. The molecule has 2 N–H and O–H groups in total. The highest BCUT2D eigenvalue weighted by atomic mass is 32.2. The molecule has 0 bridgehead atoms. The summed E-state index contributed by atoms with van der Waals surface area (Å²) in [4.78, 5) is 11.1. The number of hydrogen-bond acceptors (Lipinski definition) is 4. The fourth-order valence-electron chi connectivity index (χ4n) is 1.73. The van der Waals surface area contributed by atoms with E-state index >= 15 is 0 Å². The first kappa shape index (κ1) is 13.5. The molecule has 2 rings (SSSR count). The zero-order chi connectivity index (χ0) is 13.8. The molecule has 1 atom stereocenters. The van der Waals surface area contributed by atoms with Crippen LogP contribution in [0.1, 0.15) is 0 Å². The number of carbonyl (C=O) groups is 1. The fourth-order valence-corrected chi connectivity index (χ4v) is 2.24. The molecular weight excluding hydrogens is 268 g/mol. The number of anilines is 1. The van der Waals surface area contributed by atoms with E-state index in [9.17, 15) is 13.6 Å². The van der Waals surface area contributed by atoms with Gasteiger partial charge in [0.1, 0.15) is 6.54 Å².